The van der Waals surface area contributed by atoms with Crippen LogP contribution in [0.25, 0.3) is 0 Å². The zero-order valence-electron chi connectivity index (χ0n) is 18.7. The normalized spacial score (nSPS) is 19.2. The molecule has 2 heterocycles. The summed E-state index contributed by atoms with van der Waals surface area (Å²) >= 11 is 0. The van der Waals surface area contributed by atoms with Crippen LogP contribution in [-0.4, -0.2) is 44.7 Å². The van der Waals surface area contributed by atoms with E-state index in [1.54, 1.807) is 19.2 Å². The molecule has 2 aromatic carbocycles. The largest absolute Gasteiger partial charge is 0.497 e. The second-order valence-electron chi connectivity index (χ2n) is 8.49. The molecule has 176 valence electrons. The molecule has 4 rings (SSSR count). The second-order valence-corrected chi connectivity index (χ2v) is 10.4. The molecule has 2 aliphatic heterocycles. The van der Waals surface area contributed by atoms with Crippen LogP contribution in [0.3, 0.4) is 0 Å². The first-order chi connectivity index (χ1) is 15.9. The van der Waals surface area contributed by atoms with E-state index >= 15 is 0 Å². The van der Waals surface area contributed by atoms with Gasteiger partial charge in [0.1, 0.15) is 5.75 Å². The van der Waals surface area contributed by atoms with Gasteiger partial charge in [-0.05, 0) is 67.1 Å². The zero-order chi connectivity index (χ0) is 23.4. The second kappa shape index (κ2) is 9.93. The number of fused-ring (bicyclic) bond motifs is 1. The Labute approximate surface area is 194 Å². The first-order valence-electron chi connectivity index (χ1n) is 11.2. The van der Waals surface area contributed by atoms with Gasteiger partial charge in [0.15, 0.2) is 0 Å². The van der Waals surface area contributed by atoms with E-state index < -0.39 is 15.9 Å². The van der Waals surface area contributed by atoms with Crippen LogP contribution in [0.1, 0.15) is 36.8 Å². The van der Waals surface area contributed by atoms with Crippen molar-refractivity contribution in [3.05, 3.63) is 53.6 Å². The maximum Gasteiger partial charge on any atom is 0.243 e. The average molecular weight is 472 g/mol. The summed E-state index contributed by atoms with van der Waals surface area (Å²) in [5.74, 6) is 0.113. The number of benzene rings is 2. The van der Waals surface area contributed by atoms with Crippen molar-refractivity contribution in [1.29, 1.82) is 0 Å². The maximum atomic E-state index is 13.3. The van der Waals surface area contributed by atoms with Gasteiger partial charge in [0.2, 0.25) is 21.8 Å². The minimum atomic E-state index is -3.74. The number of anilines is 1. The molecule has 2 N–H and O–H groups in total. The summed E-state index contributed by atoms with van der Waals surface area (Å²) in [5.41, 5.74) is 2.41. The van der Waals surface area contributed by atoms with E-state index in [1.165, 1.54) is 10.4 Å². The fraction of sp³-hybridized carbons (Fsp3) is 0.417. The molecular weight excluding hydrogens is 442 g/mol. The molecule has 0 saturated carbocycles. The van der Waals surface area contributed by atoms with Crippen molar-refractivity contribution >= 4 is 27.5 Å². The molecule has 2 aromatic rings. The lowest BCUT2D eigenvalue weighted by Crippen LogP contribution is -2.45. The number of amides is 2. The van der Waals surface area contributed by atoms with E-state index in [-0.39, 0.29) is 23.3 Å². The van der Waals surface area contributed by atoms with Crippen LogP contribution in [0.2, 0.25) is 0 Å². The third-order valence-corrected chi connectivity index (χ3v) is 8.06. The standard InChI is InChI=1S/C24H29N3O5S/c1-32-20-8-2-5-17(13-20)15-25-24(29)19-7-4-12-27(16-19)33(30,31)21-10-11-22-18(14-21)6-3-9-23(28)26-22/h2,5,8,10-11,13-14,19H,3-4,6-7,9,12,15-16H2,1H3,(H,25,29)(H,26,28)/t19-/m0/s1. The van der Waals surface area contributed by atoms with Crippen LogP contribution < -0.4 is 15.4 Å². The van der Waals surface area contributed by atoms with Gasteiger partial charge in [0.05, 0.1) is 17.9 Å². The Balaban J connectivity index is 1.43. The van der Waals surface area contributed by atoms with E-state index in [9.17, 15) is 18.0 Å². The Hall–Kier alpha value is -2.91. The zero-order valence-corrected chi connectivity index (χ0v) is 19.5. The molecule has 2 aliphatic rings. The number of carbonyl (C=O) groups is 2. The fourth-order valence-corrected chi connectivity index (χ4v) is 5.93. The molecule has 1 atom stereocenters. The molecule has 0 radical (unpaired) electrons. The van der Waals surface area contributed by atoms with Crippen molar-refractivity contribution < 1.29 is 22.7 Å². The number of aryl methyl sites for hydroxylation is 1. The van der Waals surface area contributed by atoms with E-state index in [1.807, 2.05) is 24.3 Å². The Bertz CT molecular complexity index is 1150. The van der Waals surface area contributed by atoms with Crippen molar-refractivity contribution in [2.24, 2.45) is 5.92 Å². The Kier molecular flexibility index (Phi) is 6.99. The molecule has 1 saturated heterocycles. The number of nitrogens with zero attached hydrogens (tertiary/aromatic N) is 1. The van der Waals surface area contributed by atoms with E-state index in [0.717, 1.165) is 16.9 Å². The first-order valence-corrected chi connectivity index (χ1v) is 12.6. The van der Waals surface area contributed by atoms with Crippen molar-refractivity contribution in [3.63, 3.8) is 0 Å². The Morgan fingerprint density at radius 2 is 2.03 bits per heavy atom. The minimum absolute atomic E-state index is 0.0526. The van der Waals surface area contributed by atoms with Gasteiger partial charge in [-0.1, -0.05) is 12.1 Å². The van der Waals surface area contributed by atoms with E-state index in [2.05, 4.69) is 10.6 Å². The first kappa shape index (κ1) is 23.3. The topological polar surface area (TPSA) is 105 Å². The Morgan fingerprint density at radius 3 is 2.85 bits per heavy atom. The molecule has 8 nitrogen and oxygen atoms in total. The molecule has 2 amide bonds. The number of rotatable bonds is 6. The number of nitrogens with one attached hydrogen (secondary N) is 2. The number of hydrogen-bond acceptors (Lipinski definition) is 5. The summed E-state index contributed by atoms with van der Waals surface area (Å²) in [6.07, 6.45) is 3.02. The maximum absolute atomic E-state index is 13.3. The SMILES string of the molecule is COc1cccc(CNC(=O)[C@H]2CCCN(S(=O)(=O)c3ccc4c(c3)CCCC(=O)N4)C2)c1. The number of sulfonamides is 1. The highest BCUT2D eigenvalue weighted by atomic mass is 32.2. The van der Waals surface area contributed by atoms with Crippen molar-refractivity contribution in [1.82, 2.24) is 9.62 Å². The number of ether oxygens (including phenoxy) is 1. The van der Waals surface area contributed by atoms with Crippen LogP contribution >= 0.6 is 0 Å². The molecular formula is C24H29N3O5S. The number of carbonyl (C=O) groups excluding carboxylic acids is 2. The lowest BCUT2D eigenvalue weighted by molar-refractivity contribution is -0.126. The Morgan fingerprint density at radius 1 is 1.18 bits per heavy atom. The molecule has 0 aliphatic carbocycles. The van der Waals surface area contributed by atoms with Crippen LogP contribution in [0.4, 0.5) is 5.69 Å². The van der Waals surface area contributed by atoms with Gasteiger partial charge in [-0.15, -0.1) is 0 Å². The molecule has 9 heteroatoms. The smallest absolute Gasteiger partial charge is 0.243 e. The monoisotopic (exact) mass is 471 g/mol. The van der Waals surface area contributed by atoms with Gasteiger partial charge in [-0.25, -0.2) is 8.42 Å². The van der Waals surface area contributed by atoms with Gasteiger partial charge in [-0.3, -0.25) is 9.59 Å². The van der Waals surface area contributed by atoms with Crippen molar-refractivity contribution in [2.75, 3.05) is 25.5 Å². The minimum Gasteiger partial charge on any atom is -0.497 e. The molecule has 0 bridgehead atoms. The van der Waals surface area contributed by atoms with Gasteiger partial charge in [-0.2, -0.15) is 4.31 Å². The van der Waals surface area contributed by atoms with Crippen LogP contribution in [0, 0.1) is 5.92 Å². The highest BCUT2D eigenvalue weighted by molar-refractivity contribution is 7.89. The van der Waals surface area contributed by atoms with Crippen LogP contribution in [-0.2, 0) is 32.6 Å². The van der Waals surface area contributed by atoms with E-state index in [4.69, 9.17) is 4.74 Å². The van der Waals surface area contributed by atoms with Gasteiger partial charge >= 0.3 is 0 Å². The molecule has 0 aromatic heterocycles. The highest BCUT2D eigenvalue weighted by Crippen LogP contribution is 2.29. The van der Waals surface area contributed by atoms with Crippen molar-refractivity contribution in [3.8, 4) is 5.75 Å². The van der Waals surface area contributed by atoms with Crippen molar-refractivity contribution in [2.45, 2.75) is 43.5 Å². The van der Waals surface area contributed by atoms with Crippen LogP contribution in [0.15, 0.2) is 47.4 Å². The molecule has 0 spiro atoms. The number of piperidine rings is 1. The third kappa shape index (κ3) is 5.36. The summed E-state index contributed by atoms with van der Waals surface area (Å²) < 4.78 is 33.3. The average Bonchev–Trinajstić information content (AvgIpc) is 3.02. The molecule has 1 fully saturated rings. The summed E-state index contributed by atoms with van der Waals surface area (Å²) in [5, 5.41) is 5.76. The van der Waals surface area contributed by atoms with Gasteiger partial charge in [0.25, 0.3) is 0 Å². The van der Waals surface area contributed by atoms with Gasteiger partial charge < -0.3 is 15.4 Å². The predicted molar refractivity (Wildman–Crippen MR) is 124 cm³/mol. The summed E-state index contributed by atoms with van der Waals surface area (Å²) in [4.78, 5) is 24.8. The molecule has 0 unspecified atom stereocenters. The summed E-state index contributed by atoms with van der Waals surface area (Å²) in [7, 11) is -2.15. The fourth-order valence-electron chi connectivity index (χ4n) is 4.35. The predicted octanol–water partition coefficient (Wildman–Crippen LogP) is 2.69. The third-order valence-electron chi connectivity index (χ3n) is 6.19. The summed E-state index contributed by atoms with van der Waals surface area (Å²) in [6, 6.07) is 12.3. The van der Waals surface area contributed by atoms with Crippen LogP contribution in [0.5, 0.6) is 5.75 Å². The summed E-state index contributed by atoms with van der Waals surface area (Å²) in [6.45, 7) is 0.895. The number of methoxy groups -OCH3 is 1. The van der Waals surface area contributed by atoms with Gasteiger partial charge in [0, 0.05) is 31.7 Å². The lowest BCUT2D eigenvalue weighted by atomic mass is 9.99. The number of hydrogen-bond donors (Lipinski definition) is 2. The lowest BCUT2D eigenvalue weighted by Gasteiger charge is -2.31. The highest BCUT2D eigenvalue weighted by Gasteiger charge is 2.33. The quantitative estimate of drug-likeness (QED) is 0.674. The molecule has 33 heavy (non-hydrogen) atoms. The van der Waals surface area contributed by atoms with E-state index in [0.29, 0.717) is 50.9 Å².